The van der Waals surface area contributed by atoms with Crippen LogP contribution in [0.25, 0.3) is 0 Å². The summed E-state index contributed by atoms with van der Waals surface area (Å²) in [7, 11) is 0. The number of carbonyl (C=O) groups excluding carboxylic acids is 1. The molecule has 0 spiro atoms. The lowest BCUT2D eigenvalue weighted by molar-refractivity contribution is 0.102. The fourth-order valence-corrected chi connectivity index (χ4v) is 2.88. The van der Waals surface area contributed by atoms with Crippen LogP contribution in [0.3, 0.4) is 0 Å². The van der Waals surface area contributed by atoms with E-state index in [9.17, 15) is 9.18 Å². The lowest BCUT2D eigenvalue weighted by atomic mass is 9.98. The van der Waals surface area contributed by atoms with Gasteiger partial charge in [-0.2, -0.15) is 0 Å². The second-order valence-corrected chi connectivity index (χ2v) is 6.72. The Bertz CT molecular complexity index is 969. The van der Waals surface area contributed by atoms with Crippen molar-refractivity contribution >= 4 is 23.0 Å². The van der Waals surface area contributed by atoms with Crippen LogP contribution in [0.1, 0.15) is 41.3 Å². The first kappa shape index (κ1) is 18.6. The van der Waals surface area contributed by atoms with E-state index in [-0.39, 0.29) is 5.69 Å². The minimum Gasteiger partial charge on any atom is -0.354 e. The van der Waals surface area contributed by atoms with Gasteiger partial charge in [0.2, 0.25) is 0 Å². The number of aromatic nitrogens is 1. The predicted octanol–water partition coefficient (Wildman–Crippen LogP) is 5.65. The molecule has 0 radical (unpaired) electrons. The summed E-state index contributed by atoms with van der Waals surface area (Å²) in [6.45, 7) is 6.31. The van der Waals surface area contributed by atoms with Crippen LogP contribution in [0, 0.1) is 12.7 Å². The smallest absolute Gasteiger partial charge is 0.257 e. The number of aryl methyl sites for hydroxylation is 1. The third kappa shape index (κ3) is 4.31. The molecule has 0 aliphatic carbocycles. The van der Waals surface area contributed by atoms with Crippen molar-refractivity contribution in [3.8, 4) is 0 Å². The van der Waals surface area contributed by atoms with Crippen LogP contribution in [0.15, 0.2) is 60.9 Å². The minimum atomic E-state index is -0.477. The summed E-state index contributed by atoms with van der Waals surface area (Å²) in [5.74, 6) is -0.535. The van der Waals surface area contributed by atoms with Crippen LogP contribution in [-0.2, 0) is 0 Å². The minimum absolute atomic E-state index is 0.141. The Morgan fingerprint density at radius 2 is 1.85 bits per heavy atom. The van der Waals surface area contributed by atoms with Crippen LogP contribution >= 0.6 is 0 Å². The Morgan fingerprint density at radius 1 is 1.07 bits per heavy atom. The van der Waals surface area contributed by atoms with Gasteiger partial charge in [-0.25, -0.2) is 4.39 Å². The van der Waals surface area contributed by atoms with E-state index in [0.717, 1.165) is 11.3 Å². The quantitative estimate of drug-likeness (QED) is 0.616. The van der Waals surface area contributed by atoms with E-state index in [1.54, 1.807) is 24.4 Å². The van der Waals surface area contributed by atoms with Crippen molar-refractivity contribution in [3.63, 3.8) is 0 Å². The highest BCUT2D eigenvalue weighted by molar-refractivity contribution is 6.04. The number of carbonyl (C=O) groups is 1. The van der Waals surface area contributed by atoms with Crippen molar-refractivity contribution in [2.24, 2.45) is 0 Å². The first-order chi connectivity index (χ1) is 13.0. The number of benzene rings is 2. The SMILES string of the molecule is Cc1cccc(C(C)C)c1Nc1cncc(C(=O)Nc2ccccc2F)c1. The van der Waals surface area contributed by atoms with Crippen LogP contribution in [0.2, 0.25) is 0 Å². The van der Waals surface area contributed by atoms with E-state index in [4.69, 9.17) is 0 Å². The van der Waals surface area contributed by atoms with Gasteiger partial charge < -0.3 is 10.6 Å². The van der Waals surface area contributed by atoms with E-state index in [2.05, 4.69) is 35.5 Å². The molecule has 0 aliphatic heterocycles. The summed E-state index contributed by atoms with van der Waals surface area (Å²) in [4.78, 5) is 16.6. The maximum atomic E-state index is 13.8. The van der Waals surface area contributed by atoms with Gasteiger partial charge in [-0.15, -0.1) is 0 Å². The largest absolute Gasteiger partial charge is 0.354 e. The standard InChI is InChI=1S/C22H22FN3O/c1-14(2)18-8-6-7-15(3)21(18)25-17-11-16(12-24-13-17)22(27)26-20-10-5-4-9-19(20)23/h4-14,25H,1-3H3,(H,26,27). The highest BCUT2D eigenvalue weighted by Crippen LogP contribution is 2.30. The van der Waals surface area contributed by atoms with Crippen molar-refractivity contribution in [1.29, 1.82) is 0 Å². The Kier molecular flexibility index (Phi) is 5.50. The number of hydrogen-bond acceptors (Lipinski definition) is 3. The third-order valence-corrected chi connectivity index (χ3v) is 4.32. The topological polar surface area (TPSA) is 54.0 Å². The lowest BCUT2D eigenvalue weighted by Gasteiger charge is -2.17. The average molecular weight is 363 g/mol. The van der Waals surface area contributed by atoms with Crippen LogP contribution in [-0.4, -0.2) is 10.9 Å². The Hall–Kier alpha value is -3.21. The number of nitrogens with zero attached hydrogens (tertiary/aromatic N) is 1. The second-order valence-electron chi connectivity index (χ2n) is 6.72. The molecule has 0 saturated heterocycles. The highest BCUT2D eigenvalue weighted by atomic mass is 19.1. The summed E-state index contributed by atoms with van der Waals surface area (Å²) < 4.78 is 13.8. The van der Waals surface area contributed by atoms with Crippen molar-refractivity contribution < 1.29 is 9.18 Å². The third-order valence-electron chi connectivity index (χ3n) is 4.32. The molecule has 0 atom stereocenters. The molecule has 1 heterocycles. The Labute approximate surface area is 158 Å². The van der Waals surface area contributed by atoms with E-state index in [0.29, 0.717) is 17.2 Å². The molecule has 138 valence electrons. The zero-order valence-electron chi connectivity index (χ0n) is 15.6. The molecule has 1 aromatic heterocycles. The second kappa shape index (κ2) is 7.99. The summed E-state index contributed by atoms with van der Waals surface area (Å²) >= 11 is 0. The zero-order valence-corrected chi connectivity index (χ0v) is 15.6. The summed E-state index contributed by atoms with van der Waals surface area (Å²) in [5.41, 5.74) is 4.51. The summed E-state index contributed by atoms with van der Waals surface area (Å²) in [6, 6.07) is 13.9. The number of hydrogen-bond donors (Lipinski definition) is 2. The molecule has 5 heteroatoms. The van der Waals surface area contributed by atoms with E-state index < -0.39 is 11.7 Å². The molecule has 0 unspecified atom stereocenters. The van der Waals surface area contributed by atoms with E-state index in [1.807, 2.05) is 19.1 Å². The molecule has 2 aromatic carbocycles. The number of halogens is 1. The van der Waals surface area contributed by atoms with Gasteiger partial charge in [0.25, 0.3) is 5.91 Å². The van der Waals surface area contributed by atoms with Gasteiger partial charge in [0.15, 0.2) is 0 Å². The van der Waals surface area contributed by atoms with Gasteiger partial charge in [0.1, 0.15) is 5.82 Å². The first-order valence-corrected chi connectivity index (χ1v) is 8.83. The van der Waals surface area contributed by atoms with Gasteiger partial charge in [-0.05, 0) is 42.2 Å². The van der Waals surface area contributed by atoms with Gasteiger partial charge in [0.05, 0.1) is 23.1 Å². The number of anilines is 3. The zero-order chi connectivity index (χ0) is 19.4. The Balaban J connectivity index is 1.85. The summed E-state index contributed by atoms with van der Waals surface area (Å²) in [5, 5.41) is 5.95. The number of rotatable bonds is 5. The van der Waals surface area contributed by atoms with Gasteiger partial charge in [-0.3, -0.25) is 9.78 Å². The van der Waals surface area contributed by atoms with E-state index in [1.165, 1.54) is 23.9 Å². The number of nitrogens with one attached hydrogen (secondary N) is 2. The molecule has 3 aromatic rings. The number of amides is 1. The molecular formula is C22H22FN3O. The molecule has 1 amide bonds. The maximum Gasteiger partial charge on any atom is 0.257 e. The Morgan fingerprint density at radius 3 is 2.59 bits per heavy atom. The van der Waals surface area contributed by atoms with E-state index >= 15 is 0 Å². The molecule has 0 aliphatic rings. The molecule has 3 rings (SSSR count). The summed E-state index contributed by atoms with van der Waals surface area (Å²) in [6.07, 6.45) is 3.12. The molecule has 2 N–H and O–H groups in total. The monoisotopic (exact) mass is 363 g/mol. The maximum absolute atomic E-state index is 13.8. The van der Waals surface area contributed by atoms with Gasteiger partial charge in [0, 0.05) is 11.9 Å². The molecule has 27 heavy (non-hydrogen) atoms. The van der Waals surface area contributed by atoms with Crippen LogP contribution < -0.4 is 10.6 Å². The fourth-order valence-electron chi connectivity index (χ4n) is 2.88. The van der Waals surface area contributed by atoms with Crippen molar-refractivity contribution in [1.82, 2.24) is 4.98 Å². The molecular weight excluding hydrogens is 341 g/mol. The predicted molar refractivity (Wildman–Crippen MR) is 107 cm³/mol. The number of para-hydroxylation sites is 2. The molecule has 4 nitrogen and oxygen atoms in total. The lowest BCUT2D eigenvalue weighted by Crippen LogP contribution is -2.13. The van der Waals surface area contributed by atoms with Gasteiger partial charge in [-0.1, -0.05) is 44.2 Å². The average Bonchev–Trinajstić information content (AvgIpc) is 2.65. The molecule has 0 saturated carbocycles. The normalized spacial score (nSPS) is 10.7. The number of pyridine rings is 1. The highest BCUT2D eigenvalue weighted by Gasteiger charge is 2.12. The van der Waals surface area contributed by atoms with Crippen LogP contribution in [0.5, 0.6) is 0 Å². The molecule has 0 fully saturated rings. The van der Waals surface area contributed by atoms with Crippen molar-refractivity contribution in [3.05, 3.63) is 83.4 Å². The van der Waals surface area contributed by atoms with Gasteiger partial charge >= 0.3 is 0 Å². The van der Waals surface area contributed by atoms with Crippen molar-refractivity contribution in [2.45, 2.75) is 26.7 Å². The molecule has 0 bridgehead atoms. The fraction of sp³-hybridized carbons (Fsp3) is 0.182. The van der Waals surface area contributed by atoms with Crippen LogP contribution in [0.4, 0.5) is 21.5 Å². The van der Waals surface area contributed by atoms with Crippen molar-refractivity contribution in [2.75, 3.05) is 10.6 Å². The first-order valence-electron chi connectivity index (χ1n) is 8.83.